The lowest BCUT2D eigenvalue weighted by atomic mass is 10.2. The van der Waals surface area contributed by atoms with Crippen LogP contribution in [-0.2, 0) is 0 Å². The molecule has 0 atom stereocenters. The summed E-state index contributed by atoms with van der Waals surface area (Å²) < 4.78 is 53.3. The largest absolute Gasteiger partial charge is 0.480 e. The average molecular weight is 243 g/mol. The van der Waals surface area contributed by atoms with Crippen molar-refractivity contribution in [1.82, 2.24) is 0 Å². The number of hydrogen-bond donors (Lipinski definition) is 0. The molecule has 1 rings (SSSR count). The van der Waals surface area contributed by atoms with E-state index in [-0.39, 0.29) is 5.75 Å². The normalized spacial score (nSPS) is 12.7. The number of ether oxygens (including phenoxy) is 1. The van der Waals surface area contributed by atoms with Crippen molar-refractivity contribution in [3.05, 3.63) is 29.8 Å². The maximum Gasteiger partial charge on any atom is 0.480 e. The minimum Gasteiger partial charge on any atom is -0.427 e. The number of hydrogen-bond acceptors (Lipinski definition) is 1. The zero-order chi connectivity index (χ0) is 11.7. The first-order valence-corrected chi connectivity index (χ1v) is 4.30. The van der Waals surface area contributed by atoms with Crippen LogP contribution in [0.1, 0.15) is 5.56 Å². The van der Waals surface area contributed by atoms with Crippen LogP contribution in [0.3, 0.4) is 0 Å². The number of benzene rings is 1. The lowest BCUT2D eigenvalue weighted by molar-refractivity contribution is -0.273. The Morgan fingerprint density at radius 3 is 1.93 bits per heavy atom. The lowest BCUT2D eigenvalue weighted by Gasteiger charge is -2.21. The van der Waals surface area contributed by atoms with Gasteiger partial charge in [0.1, 0.15) is 5.75 Å². The zero-order valence-corrected chi connectivity index (χ0v) is 8.36. The van der Waals surface area contributed by atoms with E-state index in [1.807, 2.05) is 0 Å². The van der Waals surface area contributed by atoms with Crippen molar-refractivity contribution in [1.29, 1.82) is 0 Å². The fraction of sp³-hybridized carbons (Fsp3) is 0.333. The predicted octanol–water partition coefficient (Wildman–Crippen LogP) is 3.80. The fourth-order valence-electron chi connectivity index (χ4n) is 0.812. The van der Waals surface area contributed by atoms with Gasteiger partial charge in [-0.3, -0.25) is 0 Å². The van der Waals surface area contributed by atoms with Crippen molar-refractivity contribution >= 4 is 11.6 Å². The Bertz CT molecular complexity index is 331. The van der Waals surface area contributed by atoms with E-state index in [0.717, 1.165) is 17.7 Å². The molecule has 0 bridgehead atoms. The molecule has 0 N–H and O–H groups in total. The van der Waals surface area contributed by atoms with Gasteiger partial charge in [0.2, 0.25) is 0 Å². The minimum absolute atomic E-state index is 0.370. The Morgan fingerprint density at radius 2 is 1.53 bits per heavy atom. The Hall–Kier alpha value is -0.970. The molecule has 0 aromatic heterocycles. The van der Waals surface area contributed by atoms with Crippen molar-refractivity contribution in [2.24, 2.45) is 0 Å². The molecule has 1 aromatic carbocycles. The van der Waals surface area contributed by atoms with Crippen LogP contribution in [0.15, 0.2) is 24.3 Å². The van der Waals surface area contributed by atoms with E-state index < -0.39 is 11.5 Å². The molecule has 1 aromatic rings. The smallest absolute Gasteiger partial charge is 0.427 e. The zero-order valence-electron chi connectivity index (χ0n) is 7.61. The number of alkyl halides is 5. The third-order valence-corrected chi connectivity index (χ3v) is 1.82. The second-order valence-electron chi connectivity index (χ2n) is 2.93. The molecule has 15 heavy (non-hydrogen) atoms. The van der Waals surface area contributed by atoms with E-state index in [1.54, 1.807) is 6.92 Å². The van der Waals surface area contributed by atoms with Gasteiger partial charge in [-0.05, 0) is 30.7 Å². The monoisotopic (exact) mass is 242 g/mol. The van der Waals surface area contributed by atoms with Gasteiger partial charge in [0.15, 0.2) is 0 Å². The van der Waals surface area contributed by atoms with Gasteiger partial charge in [-0.25, -0.2) is 0 Å². The lowest BCUT2D eigenvalue weighted by Crippen LogP contribution is -2.41. The highest BCUT2D eigenvalue weighted by atomic mass is 35.5. The van der Waals surface area contributed by atoms with Crippen LogP contribution in [0, 0.1) is 6.92 Å². The van der Waals surface area contributed by atoms with Gasteiger partial charge in [0.05, 0.1) is 0 Å². The molecule has 0 aliphatic heterocycles. The Balaban J connectivity index is 2.82. The standard InChI is InChI=1S/C9H7ClF4O/c1-6-2-4-7(5-3-6)15-9(13,14)8(10,11)12/h2-5H,1H3. The van der Waals surface area contributed by atoms with Crippen LogP contribution < -0.4 is 4.74 Å². The third-order valence-electron chi connectivity index (χ3n) is 1.60. The topological polar surface area (TPSA) is 9.23 Å². The summed E-state index contributed by atoms with van der Waals surface area (Å²) in [5.74, 6) is -0.370. The van der Waals surface area contributed by atoms with Crippen LogP contribution in [-0.4, -0.2) is 11.5 Å². The first-order chi connectivity index (χ1) is 6.72. The van der Waals surface area contributed by atoms with E-state index in [1.165, 1.54) is 12.1 Å². The quantitative estimate of drug-likeness (QED) is 0.579. The summed E-state index contributed by atoms with van der Waals surface area (Å²) in [4.78, 5) is 0. The molecule has 0 unspecified atom stereocenters. The summed E-state index contributed by atoms with van der Waals surface area (Å²) in [6.45, 7) is 1.72. The number of halogens is 5. The highest BCUT2D eigenvalue weighted by Crippen LogP contribution is 2.39. The van der Waals surface area contributed by atoms with Gasteiger partial charge >= 0.3 is 11.5 Å². The van der Waals surface area contributed by atoms with Crippen LogP contribution in [0.25, 0.3) is 0 Å². The van der Waals surface area contributed by atoms with Crippen molar-refractivity contribution in [3.63, 3.8) is 0 Å². The van der Waals surface area contributed by atoms with E-state index in [4.69, 9.17) is 0 Å². The molecule has 0 spiro atoms. The van der Waals surface area contributed by atoms with Crippen molar-refractivity contribution < 1.29 is 22.3 Å². The maximum absolute atomic E-state index is 12.6. The van der Waals surface area contributed by atoms with Crippen molar-refractivity contribution in [3.8, 4) is 5.75 Å². The fourth-order valence-corrected chi connectivity index (χ4v) is 0.851. The SMILES string of the molecule is Cc1ccc(OC(F)(F)C(F)(F)Cl)cc1. The van der Waals surface area contributed by atoms with Crippen LogP contribution in [0.2, 0.25) is 0 Å². The van der Waals surface area contributed by atoms with Gasteiger partial charge in [-0.2, -0.15) is 17.6 Å². The van der Waals surface area contributed by atoms with Gasteiger partial charge in [0, 0.05) is 0 Å². The molecule has 0 saturated heterocycles. The van der Waals surface area contributed by atoms with Gasteiger partial charge in [0.25, 0.3) is 0 Å². The number of rotatable bonds is 3. The molecule has 0 radical (unpaired) electrons. The molecule has 0 amide bonds. The first kappa shape index (κ1) is 12.1. The summed E-state index contributed by atoms with van der Waals surface area (Å²) in [7, 11) is 0. The molecule has 6 heteroatoms. The van der Waals surface area contributed by atoms with Gasteiger partial charge in [-0.1, -0.05) is 17.7 Å². The molecular formula is C9H7ClF4O. The molecule has 84 valence electrons. The second kappa shape index (κ2) is 3.89. The summed E-state index contributed by atoms with van der Waals surface area (Å²) in [5, 5.41) is -4.74. The summed E-state index contributed by atoms with van der Waals surface area (Å²) in [6.07, 6.45) is -4.73. The molecule has 0 aliphatic carbocycles. The van der Waals surface area contributed by atoms with E-state index in [2.05, 4.69) is 16.3 Å². The van der Waals surface area contributed by atoms with Crippen molar-refractivity contribution in [2.75, 3.05) is 0 Å². The summed E-state index contributed by atoms with van der Waals surface area (Å²) in [6, 6.07) is 5.23. The first-order valence-electron chi connectivity index (χ1n) is 3.92. The molecular weight excluding hydrogens is 236 g/mol. The molecule has 0 saturated carbocycles. The highest BCUT2D eigenvalue weighted by Gasteiger charge is 2.58. The van der Waals surface area contributed by atoms with Gasteiger partial charge in [-0.15, -0.1) is 0 Å². The highest BCUT2D eigenvalue weighted by molar-refractivity contribution is 6.22. The molecule has 0 fully saturated rings. The molecule has 1 nitrogen and oxygen atoms in total. The molecule has 0 aliphatic rings. The van der Waals surface area contributed by atoms with E-state index in [0.29, 0.717) is 0 Å². The number of aryl methyl sites for hydroxylation is 1. The molecule has 0 heterocycles. The Labute approximate surface area is 88.6 Å². The summed E-state index contributed by atoms with van der Waals surface area (Å²) in [5.41, 5.74) is 0.795. The third kappa shape index (κ3) is 2.99. The van der Waals surface area contributed by atoms with Crippen molar-refractivity contribution in [2.45, 2.75) is 18.4 Å². The predicted molar refractivity (Wildman–Crippen MR) is 47.6 cm³/mol. The summed E-state index contributed by atoms with van der Waals surface area (Å²) >= 11 is 4.20. The Morgan fingerprint density at radius 1 is 1.07 bits per heavy atom. The van der Waals surface area contributed by atoms with E-state index in [9.17, 15) is 17.6 Å². The second-order valence-corrected chi connectivity index (χ2v) is 3.40. The van der Waals surface area contributed by atoms with Crippen LogP contribution in [0.5, 0.6) is 5.75 Å². The minimum atomic E-state index is -4.74. The van der Waals surface area contributed by atoms with E-state index >= 15 is 0 Å². The maximum atomic E-state index is 12.6. The average Bonchev–Trinajstić information content (AvgIpc) is 2.06. The van der Waals surface area contributed by atoms with Crippen LogP contribution in [0.4, 0.5) is 17.6 Å². The van der Waals surface area contributed by atoms with Gasteiger partial charge < -0.3 is 4.74 Å². The van der Waals surface area contributed by atoms with Crippen LogP contribution >= 0.6 is 11.6 Å². The Kier molecular flexibility index (Phi) is 3.13.